The van der Waals surface area contributed by atoms with Crippen molar-refractivity contribution in [1.29, 1.82) is 0 Å². The number of piperidine rings is 1. The minimum atomic E-state index is -0.383. The second-order valence-electron chi connectivity index (χ2n) is 6.13. The summed E-state index contributed by atoms with van der Waals surface area (Å²) in [5, 5.41) is 3.21. The van der Waals surface area contributed by atoms with Gasteiger partial charge < -0.3 is 5.32 Å². The molecule has 0 aliphatic carbocycles. The van der Waals surface area contributed by atoms with E-state index in [-0.39, 0.29) is 28.5 Å². The highest BCUT2D eigenvalue weighted by Crippen LogP contribution is 2.33. The quantitative estimate of drug-likeness (QED) is 0.804. The van der Waals surface area contributed by atoms with Crippen LogP contribution in [0.4, 0.5) is 8.78 Å². The zero-order valence-corrected chi connectivity index (χ0v) is 11.3. The van der Waals surface area contributed by atoms with Gasteiger partial charge in [0, 0.05) is 5.56 Å². The van der Waals surface area contributed by atoms with E-state index in [1.54, 1.807) is 0 Å². The average molecular weight is 253 g/mol. The molecule has 18 heavy (non-hydrogen) atoms. The van der Waals surface area contributed by atoms with E-state index in [0.29, 0.717) is 0 Å². The smallest absolute Gasteiger partial charge is 0.129 e. The maximum Gasteiger partial charge on any atom is 0.129 e. The first-order valence-electron chi connectivity index (χ1n) is 6.59. The summed E-state index contributed by atoms with van der Waals surface area (Å²) in [6.45, 7) is 7.57. The molecule has 1 N–H and O–H groups in total. The molecule has 1 nitrogen and oxygen atoms in total. The maximum atomic E-state index is 14.2. The molecule has 1 aliphatic rings. The lowest BCUT2D eigenvalue weighted by atomic mass is 9.83. The zero-order chi connectivity index (χ0) is 13.3. The van der Waals surface area contributed by atoms with E-state index in [1.165, 1.54) is 12.1 Å². The van der Waals surface area contributed by atoms with Gasteiger partial charge in [-0.05, 0) is 55.0 Å². The molecule has 0 saturated carbocycles. The molecule has 0 aromatic heterocycles. The number of hydrogen-bond acceptors (Lipinski definition) is 1. The Labute approximate surface area is 108 Å². The summed E-state index contributed by atoms with van der Waals surface area (Å²) in [5.74, 6) is -0.751. The third kappa shape index (κ3) is 2.72. The van der Waals surface area contributed by atoms with Crippen LogP contribution in [0, 0.1) is 11.6 Å². The minimum Gasteiger partial charge on any atom is -0.317 e. The predicted octanol–water partition coefficient (Wildman–Crippen LogP) is 3.73. The van der Waals surface area contributed by atoms with E-state index in [4.69, 9.17) is 0 Å². The van der Waals surface area contributed by atoms with Crippen LogP contribution in [0.2, 0.25) is 0 Å². The first-order chi connectivity index (χ1) is 8.39. The number of nitrogens with one attached hydrogen (secondary N) is 1. The molecule has 0 radical (unpaired) electrons. The van der Waals surface area contributed by atoms with Gasteiger partial charge in [-0.3, -0.25) is 0 Å². The van der Waals surface area contributed by atoms with Crippen LogP contribution >= 0.6 is 0 Å². The van der Waals surface area contributed by atoms with Gasteiger partial charge in [-0.25, -0.2) is 8.78 Å². The van der Waals surface area contributed by atoms with Gasteiger partial charge in [0.1, 0.15) is 11.6 Å². The molecular formula is C15H21F2N. The van der Waals surface area contributed by atoms with Crippen LogP contribution in [0.5, 0.6) is 0 Å². The molecule has 1 aromatic rings. The summed E-state index contributed by atoms with van der Waals surface area (Å²) in [4.78, 5) is 0. The van der Waals surface area contributed by atoms with E-state index in [2.05, 4.69) is 5.32 Å². The lowest BCUT2D eigenvalue weighted by Crippen LogP contribution is -2.27. The summed E-state index contributed by atoms with van der Waals surface area (Å²) in [5.41, 5.74) is 0.772. The van der Waals surface area contributed by atoms with Crippen LogP contribution < -0.4 is 5.32 Å². The number of hydrogen-bond donors (Lipinski definition) is 1. The van der Waals surface area contributed by atoms with Gasteiger partial charge >= 0.3 is 0 Å². The Balaban J connectivity index is 2.37. The van der Waals surface area contributed by atoms with Crippen molar-refractivity contribution < 1.29 is 8.78 Å². The predicted molar refractivity (Wildman–Crippen MR) is 69.9 cm³/mol. The lowest BCUT2D eigenvalue weighted by molar-refractivity contribution is 0.424. The van der Waals surface area contributed by atoms with E-state index >= 15 is 0 Å². The second kappa shape index (κ2) is 4.96. The van der Waals surface area contributed by atoms with E-state index in [1.807, 2.05) is 20.8 Å². The molecule has 0 amide bonds. The Hall–Kier alpha value is -0.960. The second-order valence-corrected chi connectivity index (χ2v) is 6.13. The number of rotatable bonds is 1. The van der Waals surface area contributed by atoms with Gasteiger partial charge in [0.15, 0.2) is 0 Å². The van der Waals surface area contributed by atoms with Crippen molar-refractivity contribution in [3.8, 4) is 0 Å². The Kier molecular flexibility index (Phi) is 3.71. The largest absolute Gasteiger partial charge is 0.317 e. The molecule has 0 unspecified atom stereocenters. The molecule has 1 aliphatic heterocycles. The van der Waals surface area contributed by atoms with Gasteiger partial charge in [0.2, 0.25) is 0 Å². The zero-order valence-electron chi connectivity index (χ0n) is 11.3. The van der Waals surface area contributed by atoms with Crippen LogP contribution in [-0.4, -0.2) is 13.1 Å². The number of halogens is 2. The van der Waals surface area contributed by atoms with Crippen molar-refractivity contribution >= 4 is 0 Å². The van der Waals surface area contributed by atoms with Crippen molar-refractivity contribution in [2.45, 2.75) is 44.9 Å². The molecule has 2 rings (SSSR count). The third-order valence-corrected chi connectivity index (χ3v) is 3.69. The summed E-state index contributed by atoms with van der Waals surface area (Å²) >= 11 is 0. The topological polar surface area (TPSA) is 12.0 Å². The first kappa shape index (κ1) is 13.5. The van der Waals surface area contributed by atoms with E-state index in [0.717, 1.165) is 31.5 Å². The standard InChI is InChI=1S/C15H21F2N/c1-15(2,3)11-8-12(16)14(13(17)9-11)10-4-6-18-7-5-10/h8-10,18H,4-7H2,1-3H3. The molecule has 1 aromatic carbocycles. The van der Waals surface area contributed by atoms with Crippen molar-refractivity contribution in [2.75, 3.05) is 13.1 Å². The molecule has 1 fully saturated rings. The third-order valence-electron chi connectivity index (χ3n) is 3.69. The van der Waals surface area contributed by atoms with Crippen molar-refractivity contribution in [3.05, 3.63) is 34.9 Å². The SMILES string of the molecule is CC(C)(C)c1cc(F)c(C2CCNCC2)c(F)c1. The van der Waals surface area contributed by atoms with Gasteiger partial charge in [0.05, 0.1) is 0 Å². The van der Waals surface area contributed by atoms with Crippen molar-refractivity contribution in [3.63, 3.8) is 0 Å². The maximum absolute atomic E-state index is 14.2. The van der Waals surface area contributed by atoms with Crippen LogP contribution in [0.25, 0.3) is 0 Å². The Morgan fingerprint density at radius 3 is 2.00 bits per heavy atom. The molecule has 1 heterocycles. The Morgan fingerprint density at radius 2 is 1.56 bits per heavy atom. The average Bonchev–Trinajstić information content (AvgIpc) is 2.28. The molecule has 0 bridgehead atoms. The summed E-state index contributed by atoms with van der Waals surface area (Å²) < 4.78 is 28.3. The van der Waals surface area contributed by atoms with Crippen LogP contribution in [-0.2, 0) is 5.41 Å². The molecule has 100 valence electrons. The number of benzene rings is 1. The summed E-state index contributed by atoms with van der Waals surface area (Å²) in [7, 11) is 0. The fourth-order valence-corrected chi connectivity index (χ4v) is 2.52. The van der Waals surface area contributed by atoms with Crippen LogP contribution in [0.15, 0.2) is 12.1 Å². The van der Waals surface area contributed by atoms with Crippen LogP contribution in [0.3, 0.4) is 0 Å². The highest BCUT2D eigenvalue weighted by atomic mass is 19.1. The van der Waals surface area contributed by atoms with Crippen LogP contribution in [0.1, 0.15) is 50.7 Å². The van der Waals surface area contributed by atoms with Gasteiger partial charge in [-0.1, -0.05) is 20.8 Å². The van der Waals surface area contributed by atoms with Gasteiger partial charge in [-0.15, -0.1) is 0 Å². The molecule has 3 heteroatoms. The minimum absolute atomic E-state index is 0.0141. The van der Waals surface area contributed by atoms with E-state index < -0.39 is 0 Å². The molecule has 1 saturated heterocycles. The highest BCUT2D eigenvalue weighted by molar-refractivity contribution is 5.32. The summed E-state index contributed by atoms with van der Waals surface area (Å²) in [6, 6.07) is 3.00. The first-order valence-corrected chi connectivity index (χ1v) is 6.59. The fraction of sp³-hybridized carbons (Fsp3) is 0.600. The Bertz CT molecular complexity index is 406. The summed E-state index contributed by atoms with van der Waals surface area (Å²) in [6.07, 6.45) is 1.62. The highest BCUT2D eigenvalue weighted by Gasteiger charge is 2.25. The van der Waals surface area contributed by atoms with Gasteiger partial charge in [-0.2, -0.15) is 0 Å². The molecular weight excluding hydrogens is 232 g/mol. The van der Waals surface area contributed by atoms with Crippen molar-refractivity contribution in [2.24, 2.45) is 0 Å². The Morgan fingerprint density at radius 1 is 1.06 bits per heavy atom. The lowest BCUT2D eigenvalue weighted by Gasteiger charge is -2.26. The fourth-order valence-electron chi connectivity index (χ4n) is 2.52. The molecule has 0 atom stereocenters. The molecule has 0 spiro atoms. The van der Waals surface area contributed by atoms with E-state index in [9.17, 15) is 8.78 Å². The van der Waals surface area contributed by atoms with Crippen molar-refractivity contribution in [1.82, 2.24) is 5.32 Å². The monoisotopic (exact) mass is 253 g/mol. The van der Waals surface area contributed by atoms with Gasteiger partial charge in [0.25, 0.3) is 0 Å². The normalized spacial score (nSPS) is 18.1.